The van der Waals surface area contributed by atoms with Crippen LogP contribution >= 0.6 is 11.6 Å². The first kappa shape index (κ1) is 33.9. The van der Waals surface area contributed by atoms with Gasteiger partial charge in [-0.1, -0.05) is 38.4 Å². The number of anilines is 1. The van der Waals surface area contributed by atoms with Crippen LogP contribution in [0.1, 0.15) is 52.9 Å². The summed E-state index contributed by atoms with van der Waals surface area (Å²) in [6.45, 7) is 7.44. The molecule has 0 bridgehead atoms. The van der Waals surface area contributed by atoms with Crippen molar-refractivity contribution in [2.75, 3.05) is 25.0 Å². The Kier molecular flexibility index (Phi) is 12.0. The Morgan fingerprint density at radius 1 is 1.02 bits per heavy atom. The first-order valence-electron chi connectivity index (χ1n) is 15.0. The summed E-state index contributed by atoms with van der Waals surface area (Å²) in [4.78, 5) is 33.9. The molecule has 2 heterocycles. The number of pyridine rings is 1. The average Bonchev–Trinajstić information content (AvgIpc) is 3.48. The number of benzene rings is 2. The summed E-state index contributed by atoms with van der Waals surface area (Å²) >= 11 is 6.34. The van der Waals surface area contributed by atoms with E-state index in [-0.39, 0.29) is 46.3 Å². The molecule has 45 heavy (non-hydrogen) atoms. The summed E-state index contributed by atoms with van der Waals surface area (Å²) in [5.74, 6) is -1.86. The summed E-state index contributed by atoms with van der Waals surface area (Å²) in [6.07, 6.45) is 4.54. The van der Waals surface area contributed by atoms with Gasteiger partial charge in [-0.3, -0.25) is 14.2 Å². The van der Waals surface area contributed by atoms with Crippen molar-refractivity contribution >= 4 is 34.6 Å². The Balaban J connectivity index is 0.00000109. The molecule has 4 aromatic rings. The second kappa shape index (κ2) is 15.9. The maximum absolute atomic E-state index is 14.8. The predicted octanol–water partition coefficient (Wildman–Crippen LogP) is 7.06. The molecule has 8 nitrogen and oxygen atoms in total. The SMILES string of the molecule is CC(C)C.O=C(CNCCCNc1nc(-c2ccc(F)cc2Cl)c2ccc(=O)n(-c3c(F)cccc3F)c2n1)OC1CCCC1. The van der Waals surface area contributed by atoms with E-state index < -0.39 is 28.7 Å². The number of aromatic nitrogens is 3. The van der Waals surface area contributed by atoms with Crippen molar-refractivity contribution in [2.45, 2.75) is 59.0 Å². The molecule has 0 saturated heterocycles. The lowest BCUT2D eigenvalue weighted by Crippen LogP contribution is -2.29. The number of carbonyl (C=O) groups is 1. The molecule has 5 rings (SSSR count). The molecule has 0 spiro atoms. The van der Waals surface area contributed by atoms with Crippen LogP contribution in [0.2, 0.25) is 5.02 Å². The summed E-state index contributed by atoms with van der Waals surface area (Å²) in [7, 11) is 0. The third kappa shape index (κ3) is 9.04. The van der Waals surface area contributed by atoms with Crippen molar-refractivity contribution in [2.24, 2.45) is 5.92 Å². The molecule has 1 aliphatic carbocycles. The predicted molar refractivity (Wildman–Crippen MR) is 170 cm³/mol. The zero-order valence-electron chi connectivity index (χ0n) is 25.5. The van der Waals surface area contributed by atoms with Crippen LogP contribution in [-0.2, 0) is 9.53 Å². The minimum absolute atomic E-state index is 0.00931. The van der Waals surface area contributed by atoms with Gasteiger partial charge in [0.1, 0.15) is 29.2 Å². The van der Waals surface area contributed by atoms with E-state index in [2.05, 4.69) is 41.4 Å². The van der Waals surface area contributed by atoms with Gasteiger partial charge in [-0.25, -0.2) is 18.2 Å². The molecule has 0 radical (unpaired) electrons. The Labute approximate surface area is 265 Å². The lowest BCUT2D eigenvalue weighted by atomic mass is 10.1. The highest BCUT2D eigenvalue weighted by Crippen LogP contribution is 2.33. The second-order valence-corrected chi connectivity index (χ2v) is 11.8. The molecule has 2 aromatic carbocycles. The highest BCUT2D eigenvalue weighted by Gasteiger charge is 2.21. The van der Waals surface area contributed by atoms with Crippen molar-refractivity contribution < 1.29 is 22.7 Å². The lowest BCUT2D eigenvalue weighted by Gasteiger charge is -2.16. The number of ether oxygens (including phenoxy) is 1. The molecule has 2 aromatic heterocycles. The average molecular weight is 644 g/mol. The van der Waals surface area contributed by atoms with E-state index in [1.807, 2.05) is 0 Å². The van der Waals surface area contributed by atoms with Crippen LogP contribution in [0.25, 0.3) is 28.0 Å². The lowest BCUT2D eigenvalue weighted by molar-refractivity contribution is -0.147. The van der Waals surface area contributed by atoms with Gasteiger partial charge in [-0.15, -0.1) is 0 Å². The van der Waals surface area contributed by atoms with Gasteiger partial charge in [-0.2, -0.15) is 4.98 Å². The summed E-state index contributed by atoms with van der Waals surface area (Å²) in [5, 5.41) is 6.42. The van der Waals surface area contributed by atoms with Crippen molar-refractivity contribution in [3.8, 4) is 16.9 Å². The van der Waals surface area contributed by atoms with E-state index >= 15 is 0 Å². The molecule has 12 heteroatoms. The smallest absolute Gasteiger partial charge is 0.320 e. The number of rotatable bonds is 10. The number of carbonyl (C=O) groups excluding carboxylic acids is 1. The van der Waals surface area contributed by atoms with Gasteiger partial charge in [0.05, 0.1) is 17.3 Å². The highest BCUT2D eigenvalue weighted by atomic mass is 35.5. The number of halogens is 4. The fourth-order valence-electron chi connectivity index (χ4n) is 4.84. The molecule has 240 valence electrons. The second-order valence-electron chi connectivity index (χ2n) is 11.4. The van der Waals surface area contributed by atoms with E-state index in [4.69, 9.17) is 16.3 Å². The van der Waals surface area contributed by atoms with Gasteiger partial charge in [-0.05, 0) is 81.0 Å². The number of nitrogens with one attached hydrogen (secondary N) is 2. The summed E-state index contributed by atoms with van der Waals surface area (Å²) < 4.78 is 49.7. The third-order valence-corrected chi connectivity index (χ3v) is 7.09. The number of nitrogens with zero attached hydrogens (tertiary/aromatic N) is 3. The van der Waals surface area contributed by atoms with E-state index in [0.29, 0.717) is 25.1 Å². The van der Waals surface area contributed by atoms with Gasteiger partial charge in [0.25, 0.3) is 5.56 Å². The molecule has 2 N–H and O–H groups in total. The minimum Gasteiger partial charge on any atom is -0.461 e. The van der Waals surface area contributed by atoms with E-state index in [1.165, 1.54) is 24.3 Å². The normalized spacial score (nSPS) is 13.2. The monoisotopic (exact) mass is 643 g/mol. The van der Waals surface area contributed by atoms with Crippen LogP contribution in [0.15, 0.2) is 53.3 Å². The first-order valence-corrected chi connectivity index (χ1v) is 15.4. The van der Waals surface area contributed by atoms with Crippen molar-refractivity contribution in [1.29, 1.82) is 0 Å². The Hall–Kier alpha value is -3.96. The van der Waals surface area contributed by atoms with Crippen molar-refractivity contribution in [1.82, 2.24) is 19.9 Å². The van der Waals surface area contributed by atoms with E-state index in [0.717, 1.165) is 60.4 Å². The molecular formula is C33H37ClF3N5O3. The van der Waals surface area contributed by atoms with Crippen molar-refractivity contribution in [3.63, 3.8) is 0 Å². The Morgan fingerprint density at radius 3 is 2.38 bits per heavy atom. The third-order valence-electron chi connectivity index (χ3n) is 6.78. The molecule has 1 saturated carbocycles. The fraction of sp³-hybridized carbons (Fsp3) is 0.394. The molecular weight excluding hydrogens is 607 g/mol. The molecule has 0 atom stereocenters. The van der Waals surface area contributed by atoms with Crippen LogP contribution in [0.5, 0.6) is 0 Å². The zero-order valence-corrected chi connectivity index (χ0v) is 26.3. The molecule has 0 unspecified atom stereocenters. The van der Waals surface area contributed by atoms with Crippen molar-refractivity contribution in [3.05, 3.63) is 81.4 Å². The first-order chi connectivity index (χ1) is 21.5. The van der Waals surface area contributed by atoms with Crippen LogP contribution < -0.4 is 16.2 Å². The summed E-state index contributed by atoms with van der Waals surface area (Å²) in [6, 6.07) is 9.60. The van der Waals surface area contributed by atoms with Gasteiger partial charge in [0, 0.05) is 23.6 Å². The quantitative estimate of drug-likeness (QED) is 0.141. The number of hydrogen-bond acceptors (Lipinski definition) is 7. The maximum Gasteiger partial charge on any atom is 0.320 e. The molecule has 1 fully saturated rings. The fourth-order valence-corrected chi connectivity index (χ4v) is 5.09. The summed E-state index contributed by atoms with van der Waals surface area (Å²) in [5.41, 5.74) is -0.790. The van der Waals surface area contributed by atoms with Gasteiger partial charge < -0.3 is 15.4 Å². The van der Waals surface area contributed by atoms with E-state index in [9.17, 15) is 22.8 Å². The standard InChI is InChI=1S/C29H27ClF3N5O3.C4H10/c30-21-15-17(31)9-10-19(21)26-20-11-12-24(39)38(27-22(32)7-3-8-23(27)33)28(20)37-29(36-26)35-14-4-13-34-16-25(40)41-18-5-1-2-6-18;1-4(2)3/h3,7-12,15,18,34H,1-2,4-6,13-14,16H2,(H,35,36,37);4H,1-3H3. The number of para-hydroxylation sites is 1. The molecule has 0 amide bonds. The van der Waals surface area contributed by atoms with Crippen LogP contribution in [0, 0.1) is 23.4 Å². The maximum atomic E-state index is 14.8. The minimum atomic E-state index is -0.952. The number of hydrogen-bond donors (Lipinski definition) is 2. The topological polar surface area (TPSA) is 98.1 Å². The number of esters is 1. The Bertz CT molecular complexity index is 1670. The van der Waals surface area contributed by atoms with Gasteiger partial charge in [0.15, 0.2) is 5.65 Å². The van der Waals surface area contributed by atoms with E-state index in [1.54, 1.807) is 0 Å². The van der Waals surface area contributed by atoms with Gasteiger partial charge in [0.2, 0.25) is 5.95 Å². The largest absolute Gasteiger partial charge is 0.461 e. The zero-order chi connectivity index (χ0) is 32.5. The molecule has 0 aliphatic heterocycles. The van der Waals surface area contributed by atoms with Crippen LogP contribution in [-0.4, -0.2) is 46.2 Å². The number of fused-ring (bicyclic) bond motifs is 1. The van der Waals surface area contributed by atoms with Crippen LogP contribution in [0.3, 0.4) is 0 Å². The molecule has 1 aliphatic rings. The Morgan fingerprint density at radius 2 is 1.71 bits per heavy atom. The van der Waals surface area contributed by atoms with Crippen LogP contribution in [0.4, 0.5) is 19.1 Å². The highest BCUT2D eigenvalue weighted by molar-refractivity contribution is 6.33. The van der Waals surface area contributed by atoms with Gasteiger partial charge >= 0.3 is 5.97 Å².